The Morgan fingerprint density at radius 2 is 0.793 bits per heavy atom. The second-order valence-corrected chi connectivity index (χ2v) is 22.7. The molecule has 5 fully saturated rings. The predicted molar refractivity (Wildman–Crippen MR) is 252 cm³/mol. The smallest absolute Gasteiger partial charge is 0.0531 e. The summed E-state index contributed by atoms with van der Waals surface area (Å²) in [6.07, 6.45) is 28.7. The van der Waals surface area contributed by atoms with Gasteiger partial charge in [-0.15, -0.1) is 0 Å². The van der Waals surface area contributed by atoms with Crippen LogP contribution in [0.3, 0.4) is 0 Å². The summed E-state index contributed by atoms with van der Waals surface area (Å²) < 4.78 is 5.58. The Labute approximate surface area is 360 Å². The van der Waals surface area contributed by atoms with Crippen LogP contribution in [-0.4, -0.2) is 31.2 Å². The first-order valence-electron chi connectivity index (χ1n) is 25.2. The Balaban J connectivity index is 0.000000122. The summed E-state index contributed by atoms with van der Waals surface area (Å²) in [6.45, 7) is 35.3. The number of fused-ring (bicyclic) bond motifs is 15. The number of allylic oxidation sites excluding steroid dienone is 8. The van der Waals surface area contributed by atoms with Gasteiger partial charge < -0.3 is 9.64 Å². The maximum Gasteiger partial charge on any atom is 0.0531 e. The van der Waals surface area contributed by atoms with Crippen LogP contribution < -0.4 is 0 Å². The van der Waals surface area contributed by atoms with Crippen LogP contribution in [0.15, 0.2) is 55.9 Å². The van der Waals surface area contributed by atoms with Gasteiger partial charge in [-0.1, -0.05) is 90.2 Å². The first-order valence-corrected chi connectivity index (χ1v) is 25.2. The molecule has 0 aromatic rings. The van der Waals surface area contributed by atoms with Gasteiger partial charge in [-0.2, -0.15) is 0 Å². The fraction of sp³-hybridized carbons (Fsp3) is 0.821. The van der Waals surface area contributed by atoms with Gasteiger partial charge in [0.2, 0.25) is 0 Å². The van der Waals surface area contributed by atoms with E-state index in [-0.39, 0.29) is 0 Å². The van der Waals surface area contributed by atoms with Crippen molar-refractivity contribution in [1.82, 2.24) is 4.90 Å². The minimum absolute atomic E-state index is 0.556. The van der Waals surface area contributed by atoms with Crippen molar-refractivity contribution in [2.75, 3.05) is 26.3 Å². The van der Waals surface area contributed by atoms with Gasteiger partial charge in [-0.3, -0.25) is 0 Å². The van der Waals surface area contributed by atoms with Crippen molar-refractivity contribution < 1.29 is 4.74 Å². The molecule has 0 amide bonds. The summed E-state index contributed by atoms with van der Waals surface area (Å²) in [5.74, 6) is 5.29. The standard InChI is InChI=1S/C13H22.C12H20.C11H18.C10H17N.C10H16O/c1-10-11(2)13(4)7-5-6-12(10,3)8-9-13;1-9-10(2)12(3)7-4-5-11(9)6-8-12;1-8-9(2)11-5-3-4-10(8)6-7-11;1-8-9(2)11-6-3-4-10(8)5-7-11;1-7-8(2)10-4-3-9(7)5-11-6-10/h5-9H2,1-4H3;11H,4-8H2,1-3H3;10-11H,3-7H2,1-2H3;10H,3-7H2,1-2H3;9-10H,3-6H2,1-2H3. The summed E-state index contributed by atoms with van der Waals surface area (Å²) in [4.78, 5) is 2.55. The van der Waals surface area contributed by atoms with Gasteiger partial charge >= 0.3 is 0 Å². The van der Waals surface area contributed by atoms with Gasteiger partial charge in [0.15, 0.2) is 0 Å². The normalized spacial score (nSPS) is 38.9. The molecule has 0 aromatic carbocycles. The molecule has 10 bridgehead atoms. The molecule has 2 saturated heterocycles. The van der Waals surface area contributed by atoms with Crippen molar-refractivity contribution in [3.63, 3.8) is 0 Å². The molecule has 9 atom stereocenters. The van der Waals surface area contributed by atoms with E-state index in [1.54, 1.807) is 55.9 Å². The van der Waals surface area contributed by atoms with Gasteiger partial charge in [-0.25, -0.2) is 0 Å². The van der Waals surface area contributed by atoms with Crippen molar-refractivity contribution in [1.29, 1.82) is 0 Å². The second-order valence-electron chi connectivity index (χ2n) is 22.7. The highest BCUT2D eigenvalue weighted by molar-refractivity contribution is 5.29. The van der Waals surface area contributed by atoms with Crippen LogP contribution in [0.4, 0.5) is 0 Å². The minimum atomic E-state index is 0.556. The van der Waals surface area contributed by atoms with E-state index < -0.39 is 0 Å². The summed E-state index contributed by atoms with van der Waals surface area (Å²) in [5.41, 5.74) is 18.5. The van der Waals surface area contributed by atoms with Crippen LogP contribution in [0.2, 0.25) is 0 Å². The topological polar surface area (TPSA) is 12.5 Å². The highest BCUT2D eigenvalue weighted by Crippen LogP contribution is 2.56. The molecule has 0 spiro atoms. The quantitative estimate of drug-likeness (QED) is 0.226. The predicted octanol–water partition coefficient (Wildman–Crippen LogP) is 16.5. The van der Waals surface area contributed by atoms with Crippen LogP contribution in [0, 0.1) is 51.8 Å². The number of hydrogen-bond donors (Lipinski definition) is 0. The van der Waals surface area contributed by atoms with Gasteiger partial charge in [-0.05, 0) is 218 Å². The van der Waals surface area contributed by atoms with E-state index >= 15 is 0 Å². The Hall–Kier alpha value is -1.54. The van der Waals surface area contributed by atoms with Gasteiger partial charge in [0.05, 0.1) is 13.2 Å². The van der Waals surface area contributed by atoms with Crippen molar-refractivity contribution in [2.24, 2.45) is 51.8 Å². The fourth-order valence-electron chi connectivity index (χ4n) is 13.9. The number of hydrogen-bond acceptors (Lipinski definition) is 2. The van der Waals surface area contributed by atoms with Crippen LogP contribution >= 0.6 is 0 Å². The van der Waals surface area contributed by atoms with Crippen LogP contribution in [-0.2, 0) is 4.74 Å². The zero-order valence-corrected chi connectivity index (χ0v) is 40.8. The molecule has 58 heavy (non-hydrogen) atoms. The molecule has 3 saturated carbocycles. The zero-order valence-electron chi connectivity index (χ0n) is 40.8. The molecule has 0 aromatic heterocycles. The molecule has 5 heterocycles. The van der Waals surface area contributed by atoms with Crippen molar-refractivity contribution >= 4 is 0 Å². The summed E-state index contributed by atoms with van der Waals surface area (Å²) in [6, 6.07) is 0. The molecule has 0 N–H and O–H groups in total. The Kier molecular flexibility index (Phi) is 15.3. The highest BCUT2D eigenvalue weighted by Gasteiger charge is 2.43. The van der Waals surface area contributed by atoms with Crippen LogP contribution in [0.5, 0.6) is 0 Å². The van der Waals surface area contributed by atoms with Gasteiger partial charge in [0.25, 0.3) is 0 Å². The largest absolute Gasteiger partial charge is 0.380 e. The molecule has 0 radical (unpaired) electrons. The molecule has 5 aliphatic heterocycles. The van der Waals surface area contributed by atoms with Crippen molar-refractivity contribution in [3.05, 3.63) is 55.9 Å². The Morgan fingerprint density at radius 3 is 1.36 bits per heavy atom. The SMILES string of the molecule is CC1=C(C)C2(C)CCCC1(C)CC2.CC1=C(C)C2(C)CCCC1CC2.CC1=C(C)C2CCC1COC2.CC1=C(C)C2CCCC1CC2.CC1=C(C)N2CCCC1CC2. The third-order valence-electron chi connectivity index (χ3n) is 20.0. The molecular formula is C56H93NO. The average Bonchev–Trinajstić information content (AvgIpc) is 3.92. The first-order chi connectivity index (χ1) is 27.5. The second kappa shape index (κ2) is 19.2. The molecule has 2 nitrogen and oxygen atoms in total. The van der Waals surface area contributed by atoms with E-state index in [4.69, 9.17) is 4.74 Å². The van der Waals surface area contributed by atoms with Crippen molar-refractivity contribution in [3.8, 4) is 0 Å². The lowest BCUT2D eigenvalue weighted by Gasteiger charge is -2.41. The Bertz CT molecular complexity index is 1410. The highest BCUT2D eigenvalue weighted by atomic mass is 16.5. The lowest BCUT2D eigenvalue weighted by molar-refractivity contribution is 0.117. The first kappa shape index (κ1) is 46.0. The molecule has 10 aliphatic carbocycles. The summed E-state index contributed by atoms with van der Waals surface area (Å²) in [7, 11) is 0. The molecule has 2 heteroatoms. The summed E-state index contributed by atoms with van der Waals surface area (Å²) in [5, 5.41) is 0. The number of rotatable bonds is 0. The number of ether oxygens (including phenoxy) is 1. The van der Waals surface area contributed by atoms with E-state index in [2.05, 4.69) is 94.9 Å². The third kappa shape index (κ3) is 9.89. The molecule has 9 unspecified atom stereocenters. The zero-order chi connectivity index (χ0) is 42.0. The van der Waals surface area contributed by atoms with Gasteiger partial charge in [0, 0.05) is 30.6 Å². The minimum Gasteiger partial charge on any atom is -0.380 e. The van der Waals surface area contributed by atoms with Crippen LogP contribution in [0.25, 0.3) is 0 Å². The lowest BCUT2D eigenvalue weighted by atomic mass is 9.64. The Morgan fingerprint density at radius 1 is 0.362 bits per heavy atom. The summed E-state index contributed by atoms with van der Waals surface area (Å²) >= 11 is 0. The van der Waals surface area contributed by atoms with Crippen LogP contribution in [0.1, 0.15) is 218 Å². The van der Waals surface area contributed by atoms with E-state index in [1.807, 2.05) is 0 Å². The van der Waals surface area contributed by atoms with E-state index in [0.717, 1.165) is 48.7 Å². The monoisotopic (exact) mass is 796 g/mol. The van der Waals surface area contributed by atoms with Crippen molar-refractivity contribution in [2.45, 2.75) is 218 Å². The van der Waals surface area contributed by atoms with Gasteiger partial charge in [0.1, 0.15) is 0 Å². The number of nitrogens with zero attached hydrogens (tertiary/aromatic N) is 1. The maximum absolute atomic E-state index is 5.58. The molecule has 15 aliphatic rings. The lowest BCUT2D eigenvalue weighted by Crippen LogP contribution is -2.28. The maximum atomic E-state index is 5.58. The average molecular weight is 796 g/mol. The molecule has 15 rings (SSSR count). The molecular weight excluding hydrogens is 703 g/mol. The van der Waals surface area contributed by atoms with E-state index in [9.17, 15) is 0 Å². The third-order valence-corrected chi connectivity index (χ3v) is 20.0. The van der Waals surface area contributed by atoms with E-state index in [1.165, 1.54) is 142 Å². The fourth-order valence-corrected chi connectivity index (χ4v) is 13.9. The van der Waals surface area contributed by atoms with E-state index in [0.29, 0.717) is 16.2 Å². The molecule has 328 valence electrons.